The van der Waals surface area contributed by atoms with Crippen LogP contribution in [-0.2, 0) is 12.8 Å². The van der Waals surface area contributed by atoms with Crippen molar-refractivity contribution in [2.45, 2.75) is 32.6 Å². The molecule has 0 aliphatic heterocycles. The van der Waals surface area contributed by atoms with Crippen LogP contribution in [0.4, 0.5) is 4.39 Å². The first-order valence-corrected chi connectivity index (χ1v) is 9.04. The van der Waals surface area contributed by atoms with E-state index in [1.54, 1.807) is 6.92 Å². The van der Waals surface area contributed by atoms with Crippen molar-refractivity contribution in [1.82, 2.24) is 9.97 Å². The summed E-state index contributed by atoms with van der Waals surface area (Å²) >= 11 is 0. The Kier molecular flexibility index (Phi) is 3.29. The second-order valence-corrected chi connectivity index (χ2v) is 7.15. The van der Waals surface area contributed by atoms with Crippen LogP contribution >= 0.6 is 0 Å². The molecule has 26 heavy (non-hydrogen) atoms. The summed E-state index contributed by atoms with van der Waals surface area (Å²) in [5.74, 6) is -0.870. The van der Waals surface area contributed by atoms with Crippen LogP contribution in [0.25, 0.3) is 33.1 Å². The van der Waals surface area contributed by atoms with Gasteiger partial charge >= 0.3 is 0 Å². The maximum absolute atomic E-state index is 14.2. The number of aryl methyl sites for hydroxylation is 2. The van der Waals surface area contributed by atoms with Crippen molar-refractivity contribution >= 4 is 21.8 Å². The molecule has 130 valence electrons. The van der Waals surface area contributed by atoms with Crippen LogP contribution in [-0.4, -0.2) is 15.1 Å². The van der Waals surface area contributed by atoms with E-state index < -0.39 is 5.82 Å². The topological polar surface area (TPSA) is 48.9 Å². The summed E-state index contributed by atoms with van der Waals surface area (Å²) in [6.07, 6.45) is 6.22. The number of benzene rings is 2. The average molecular weight is 346 g/mol. The zero-order chi connectivity index (χ0) is 17.8. The first-order chi connectivity index (χ1) is 12.6. The first-order valence-electron chi connectivity index (χ1n) is 9.04. The number of hydrogen-bond donors (Lipinski definition) is 2. The zero-order valence-electron chi connectivity index (χ0n) is 14.6. The fourth-order valence-corrected chi connectivity index (χ4v) is 4.27. The maximum atomic E-state index is 14.2. The van der Waals surface area contributed by atoms with Gasteiger partial charge in [0.2, 0.25) is 0 Å². The summed E-state index contributed by atoms with van der Waals surface area (Å²) < 4.78 is 14.2. The quantitative estimate of drug-likeness (QED) is 0.484. The van der Waals surface area contributed by atoms with E-state index in [-0.39, 0.29) is 5.75 Å². The highest BCUT2D eigenvalue weighted by Gasteiger charge is 2.22. The minimum atomic E-state index is -0.590. The van der Waals surface area contributed by atoms with Crippen LogP contribution in [0, 0.1) is 12.7 Å². The molecule has 4 heteroatoms. The molecule has 1 aliphatic rings. The molecule has 5 rings (SSSR count). The van der Waals surface area contributed by atoms with E-state index in [1.165, 1.54) is 28.0 Å². The molecule has 2 heterocycles. The first kappa shape index (κ1) is 15.4. The number of phenols is 1. The number of phenolic OH excluding ortho intramolecular Hbond substituents is 1. The average Bonchev–Trinajstić information content (AvgIpc) is 3.13. The molecule has 0 atom stereocenters. The van der Waals surface area contributed by atoms with Crippen LogP contribution in [0.5, 0.6) is 5.75 Å². The maximum Gasteiger partial charge on any atom is 0.165 e. The highest BCUT2D eigenvalue weighted by molar-refractivity contribution is 6.08. The molecule has 0 radical (unpaired) electrons. The lowest BCUT2D eigenvalue weighted by Gasteiger charge is -2.22. The number of nitrogens with one attached hydrogen (secondary N) is 1. The number of hydrogen-bond acceptors (Lipinski definition) is 2. The lowest BCUT2D eigenvalue weighted by atomic mass is 9.85. The van der Waals surface area contributed by atoms with Gasteiger partial charge in [0.05, 0.1) is 11.2 Å². The lowest BCUT2D eigenvalue weighted by molar-refractivity contribution is 0.428. The summed E-state index contributed by atoms with van der Waals surface area (Å²) in [4.78, 5) is 8.22. The van der Waals surface area contributed by atoms with Gasteiger partial charge in [-0.2, -0.15) is 0 Å². The molecule has 0 bridgehead atoms. The Balaban J connectivity index is 1.88. The van der Waals surface area contributed by atoms with E-state index in [0.29, 0.717) is 5.56 Å². The number of aromatic hydroxyl groups is 1. The fraction of sp³-hybridized carbons (Fsp3) is 0.227. The van der Waals surface area contributed by atoms with Crippen molar-refractivity contribution in [1.29, 1.82) is 0 Å². The van der Waals surface area contributed by atoms with Gasteiger partial charge in [-0.1, -0.05) is 0 Å². The Morgan fingerprint density at radius 2 is 1.88 bits per heavy atom. The summed E-state index contributed by atoms with van der Waals surface area (Å²) in [6.45, 7) is 1.72. The number of aromatic amines is 1. The van der Waals surface area contributed by atoms with Crippen LogP contribution in [0.1, 0.15) is 29.5 Å². The number of aromatic nitrogens is 2. The third-order valence-electron chi connectivity index (χ3n) is 5.53. The number of rotatable bonds is 1. The molecule has 3 nitrogen and oxygen atoms in total. The predicted octanol–water partition coefficient (Wildman–Crippen LogP) is 5.42. The van der Waals surface area contributed by atoms with Crippen molar-refractivity contribution in [3.63, 3.8) is 0 Å². The Bertz CT molecular complexity index is 1150. The Morgan fingerprint density at radius 3 is 2.69 bits per heavy atom. The molecule has 0 amide bonds. The number of pyridine rings is 1. The van der Waals surface area contributed by atoms with Crippen LogP contribution in [0.2, 0.25) is 0 Å². The highest BCUT2D eigenvalue weighted by Crippen LogP contribution is 2.39. The van der Waals surface area contributed by atoms with Crippen LogP contribution in [0.3, 0.4) is 0 Å². The van der Waals surface area contributed by atoms with E-state index in [2.05, 4.69) is 11.1 Å². The molecular formula is C22H19FN2O. The van der Waals surface area contributed by atoms with Gasteiger partial charge in [0.25, 0.3) is 0 Å². The molecule has 2 aromatic carbocycles. The molecule has 0 saturated carbocycles. The molecule has 4 aromatic rings. The SMILES string of the molecule is Cc1cc(-c2nc3ccc4[nH]ccc4c3c3c2CCCC3)cc(F)c1O. The molecule has 0 saturated heterocycles. The molecule has 2 aromatic heterocycles. The van der Waals surface area contributed by atoms with Crippen molar-refractivity contribution in [3.05, 3.63) is 59.0 Å². The number of nitrogens with zero attached hydrogens (tertiary/aromatic N) is 1. The summed E-state index contributed by atoms with van der Waals surface area (Å²) in [7, 11) is 0. The van der Waals surface area contributed by atoms with Crippen molar-refractivity contribution < 1.29 is 9.50 Å². The number of fused-ring (bicyclic) bond motifs is 5. The van der Waals surface area contributed by atoms with Crippen molar-refractivity contribution in [3.8, 4) is 17.0 Å². The monoisotopic (exact) mass is 346 g/mol. The largest absolute Gasteiger partial charge is 0.505 e. The van der Waals surface area contributed by atoms with Gasteiger partial charge in [0, 0.05) is 28.0 Å². The third-order valence-corrected chi connectivity index (χ3v) is 5.53. The zero-order valence-corrected chi connectivity index (χ0v) is 14.6. The third kappa shape index (κ3) is 2.15. The van der Waals surface area contributed by atoms with Crippen LogP contribution < -0.4 is 0 Å². The van der Waals surface area contributed by atoms with Crippen molar-refractivity contribution in [2.75, 3.05) is 0 Å². The predicted molar refractivity (Wildman–Crippen MR) is 102 cm³/mol. The molecular weight excluding hydrogens is 327 g/mol. The van der Waals surface area contributed by atoms with Gasteiger partial charge in [-0.15, -0.1) is 0 Å². The number of halogens is 1. The Labute approximate surface area is 150 Å². The Morgan fingerprint density at radius 1 is 1.08 bits per heavy atom. The van der Waals surface area contributed by atoms with Gasteiger partial charge in [-0.05, 0) is 79.6 Å². The standard InChI is InChI=1S/C22H19FN2O/c1-12-10-13(11-17(23)22(12)26)21-15-5-3-2-4-14(15)20-16-8-9-24-18(16)6-7-19(20)25-21/h6-11,24,26H,2-5H2,1H3. The van der Waals surface area contributed by atoms with Gasteiger partial charge in [0.15, 0.2) is 11.6 Å². The van der Waals surface area contributed by atoms with Gasteiger partial charge in [-0.25, -0.2) is 9.37 Å². The second kappa shape index (κ2) is 5.56. The fourth-order valence-electron chi connectivity index (χ4n) is 4.27. The van der Waals surface area contributed by atoms with Gasteiger partial charge in [0.1, 0.15) is 0 Å². The summed E-state index contributed by atoms with van der Waals surface area (Å²) in [5.41, 5.74) is 6.75. The minimum absolute atomic E-state index is 0.280. The van der Waals surface area contributed by atoms with Gasteiger partial charge < -0.3 is 10.1 Å². The van der Waals surface area contributed by atoms with E-state index in [9.17, 15) is 9.50 Å². The summed E-state index contributed by atoms with van der Waals surface area (Å²) in [6, 6.07) is 9.43. The lowest BCUT2D eigenvalue weighted by Crippen LogP contribution is -2.08. The summed E-state index contributed by atoms with van der Waals surface area (Å²) in [5, 5.41) is 12.2. The van der Waals surface area contributed by atoms with Crippen LogP contribution in [0.15, 0.2) is 36.5 Å². The smallest absolute Gasteiger partial charge is 0.165 e. The van der Waals surface area contributed by atoms with E-state index >= 15 is 0 Å². The van der Waals surface area contributed by atoms with Gasteiger partial charge in [-0.3, -0.25) is 0 Å². The van der Waals surface area contributed by atoms with E-state index in [1.807, 2.05) is 24.4 Å². The van der Waals surface area contributed by atoms with Crippen molar-refractivity contribution in [2.24, 2.45) is 0 Å². The molecule has 1 aliphatic carbocycles. The second-order valence-electron chi connectivity index (χ2n) is 7.15. The molecule has 0 spiro atoms. The Hall–Kier alpha value is -2.88. The number of H-pyrrole nitrogens is 1. The highest BCUT2D eigenvalue weighted by atomic mass is 19.1. The molecule has 0 fully saturated rings. The molecule has 2 N–H and O–H groups in total. The van der Waals surface area contributed by atoms with E-state index in [4.69, 9.17) is 4.98 Å². The minimum Gasteiger partial charge on any atom is -0.505 e. The molecule has 0 unspecified atom stereocenters. The van der Waals surface area contributed by atoms with E-state index in [0.717, 1.165) is 48.0 Å². The normalized spacial score (nSPS) is 14.1.